The first-order valence-corrected chi connectivity index (χ1v) is 9.65. The molecule has 0 unspecified atom stereocenters. The van der Waals surface area contributed by atoms with E-state index in [4.69, 9.17) is 16.5 Å². The SMILES string of the molecule is CCC(=O)OOc1ccc2cnn(-c3c(Cl)cc(C(F)(F)F)cc3SC)c2c1. The van der Waals surface area contributed by atoms with Crippen molar-refractivity contribution in [3.05, 3.63) is 47.1 Å². The minimum Gasteiger partial charge on any atom is -0.287 e. The van der Waals surface area contributed by atoms with Crippen LogP contribution in [-0.2, 0) is 15.9 Å². The molecule has 0 saturated heterocycles. The standard InChI is InChI=1S/C18H14ClF3N2O3S/c1-3-16(25)27-26-12-5-4-10-9-23-24(14(10)8-12)17-13(19)6-11(18(20,21)22)7-15(17)28-2/h4-9H,3H2,1-2H3. The molecule has 1 heterocycles. The Morgan fingerprint density at radius 2 is 2.04 bits per heavy atom. The molecule has 0 radical (unpaired) electrons. The Morgan fingerprint density at radius 3 is 2.68 bits per heavy atom. The minimum atomic E-state index is -4.51. The highest BCUT2D eigenvalue weighted by Gasteiger charge is 2.32. The number of aromatic nitrogens is 2. The van der Waals surface area contributed by atoms with Crippen molar-refractivity contribution in [2.75, 3.05) is 6.26 Å². The zero-order valence-electron chi connectivity index (χ0n) is 14.7. The van der Waals surface area contributed by atoms with Gasteiger partial charge < -0.3 is 0 Å². The third-order valence-corrected chi connectivity index (χ3v) is 4.89. The quantitative estimate of drug-likeness (QED) is 0.297. The van der Waals surface area contributed by atoms with Crippen molar-refractivity contribution in [3.8, 4) is 11.4 Å². The molecule has 0 aliphatic heterocycles. The van der Waals surface area contributed by atoms with Crippen LogP contribution < -0.4 is 4.89 Å². The number of hydrogen-bond donors (Lipinski definition) is 0. The first-order valence-electron chi connectivity index (χ1n) is 8.04. The summed E-state index contributed by atoms with van der Waals surface area (Å²) in [4.78, 5) is 21.2. The van der Waals surface area contributed by atoms with Crippen LogP contribution in [0.15, 0.2) is 41.4 Å². The van der Waals surface area contributed by atoms with Gasteiger partial charge in [-0.1, -0.05) is 18.5 Å². The number of hydrogen-bond acceptors (Lipinski definition) is 5. The average molecular weight is 431 g/mol. The largest absolute Gasteiger partial charge is 0.416 e. The zero-order valence-corrected chi connectivity index (χ0v) is 16.3. The summed E-state index contributed by atoms with van der Waals surface area (Å²) in [6.07, 6.45) is -1.16. The molecule has 0 spiro atoms. The zero-order chi connectivity index (χ0) is 20.5. The highest BCUT2D eigenvalue weighted by atomic mass is 35.5. The van der Waals surface area contributed by atoms with E-state index in [0.717, 1.165) is 23.9 Å². The normalized spacial score (nSPS) is 11.6. The summed E-state index contributed by atoms with van der Waals surface area (Å²) in [5.41, 5.74) is 0.0134. The van der Waals surface area contributed by atoms with Gasteiger partial charge in [0.25, 0.3) is 0 Å². The van der Waals surface area contributed by atoms with Crippen LogP contribution in [0.2, 0.25) is 5.02 Å². The molecule has 0 amide bonds. The minimum absolute atomic E-state index is 0.0899. The van der Waals surface area contributed by atoms with Gasteiger partial charge in [-0.25, -0.2) is 9.48 Å². The number of alkyl halides is 3. The molecule has 28 heavy (non-hydrogen) atoms. The van der Waals surface area contributed by atoms with Crippen LogP contribution in [-0.4, -0.2) is 22.0 Å². The van der Waals surface area contributed by atoms with Crippen molar-refractivity contribution in [3.63, 3.8) is 0 Å². The fourth-order valence-electron chi connectivity index (χ4n) is 2.48. The van der Waals surface area contributed by atoms with Crippen molar-refractivity contribution in [1.82, 2.24) is 9.78 Å². The van der Waals surface area contributed by atoms with E-state index in [0.29, 0.717) is 21.5 Å². The Labute approximate surface area is 167 Å². The lowest BCUT2D eigenvalue weighted by Gasteiger charge is -2.15. The second-order valence-corrected chi connectivity index (χ2v) is 6.93. The predicted octanol–water partition coefficient (Wildman–Crippen LogP) is 5.67. The van der Waals surface area contributed by atoms with E-state index in [1.165, 1.54) is 4.68 Å². The fourth-order valence-corrected chi connectivity index (χ4v) is 3.47. The highest BCUT2D eigenvalue weighted by Crippen LogP contribution is 2.39. The molecule has 0 atom stereocenters. The lowest BCUT2D eigenvalue weighted by Crippen LogP contribution is -2.08. The third kappa shape index (κ3) is 4.05. The number of benzene rings is 2. The molecular weight excluding hydrogens is 417 g/mol. The average Bonchev–Trinajstić information content (AvgIpc) is 3.07. The summed E-state index contributed by atoms with van der Waals surface area (Å²) in [7, 11) is 0. The van der Waals surface area contributed by atoms with Crippen molar-refractivity contribution in [2.45, 2.75) is 24.4 Å². The molecule has 2 aromatic carbocycles. The molecule has 0 aliphatic carbocycles. The second kappa shape index (κ2) is 7.92. The number of nitrogens with zero attached hydrogens (tertiary/aromatic N) is 2. The second-order valence-electron chi connectivity index (χ2n) is 5.68. The summed E-state index contributed by atoms with van der Waals surface area (Å²) in [6, 6.07) is 6.73. The van der Waals surface area contributed by atoms with Crippen molar-refractivity contribution < 1.29 is 27.7 Å². The third-order valence-electron chi connectivity index (χ3n) is 3.85. The van der Waals surface area contributed by atoms with Crippen LogP contribution in [0.1, 0.15) is 18.9 Å². The summed E-state index contributed by atoms with van der Waals surface area (Å²) >= 11 is 7.32. The van der Waals surface area contributed by atoms with Gasteiger partial charge >= 0.3 is 12.1 Å². The van der Waals surface area contributed by atoms with Crippen LogP contribution >= 0.6 is 23.4 Å². The van der Waals surface area contributed by atoms with E-state index in [-0.39, 0.29) is 17.2 Å². The molecular formula is C18H14ClF3N2O3S. The van der Waals surface area contributed by atoms with Gasteiger partial charge in [-0.15, -0.1) is 11.8 Å². The van der Waals surface area contributed by atoms with E-state index in [1.807, 2.05) is 0 Å². The predicted molar refractivity (Wildman–Crippen MR) is 99.9 cm³/mol. The Bertz CT molecular complexity index is 1040. The summed E-state index contributed by atoms with van der Waals surface area (Å²) in [6.45, 7) is 1.63. The molecule has 0 aliphatic rings. The highest BCUT2D eigenvalue weighted by molar-refractivity contribution is 7.98. The van der Waals surface area contributed by atoms with Crippen LogP contribution in [0.5, 0.6) is 5.75 Å². The molecule has 3 rings (SSSR count). The molecule has 0 bridgehead atoms. The number of rotatable bonds is 5. The number of fused-ring (bicyclic) bond motifs is 1. The van der Waals surface area contributed by atoms with E-state index in [2.05, 4.69) is 9.99 Å². The van der Waals surface area contributed by atoms with Crippen LogP contribution in [0.3, 0.4) is 0 Å². The van der Waals surface area contributed by atoms with E-state index in [1.54, 1.807) is 37.6 Å². The van der Waals surface area contributed by atoms with Gasteiger partial charge in [0.1, 0.15) is 0 Å². The maximum atomic E-state index is 13.1. The monoisotopic (exact) mass is 430 g/mol. The van der Waals surface area contributed by atoms with Crippen LogP contribution in [0.4, 0.5) is 13.2 Å². The topological polar surface area (TPSA) is 53.4 Å². The van der Waals surface area contributed by atoms with Gasteiger partial charge in [0, 0.05) is 22.8 Å². The van der Waals surface area contributed by atoms with Crippen molar-refractivity contribution in [1.29, 1.82) is 0 Å². The summed E-state index contributed by atoms with van der Waals surface area (Å²) < 4.78 is 40.7. The first kappa shape index (κ1) is 20.3. The Balaban J connectivity index is 2.09. The van der Waals surface area contributed by atoms with E-state index < -0.39 is 17.7 Å². The summed E-state index contributed by atoms with van der Waals surface area (Å²) in [5, 5.41) is 4.87. The molecule has 10 heteroatoms. The van der Waals surface area contributed by atoms with Gasteiger partial charge in [-0.2, -0.15) is 18.3 Å². The number of thioether (sulfide) groups is 1. The Kier molecular flexibility index (Phi) is 5.76. The van der Waals surface area contributed by atoms with Gasteiger partial charge in [0.2, 0.25) is 0 Å². The van der Waals surface area contributed by atoms with Crippen LogP contribution in [0.25, 0.3) is 16.6 Å². The molecule has 0 fully saturated rings. The molecule has 148 valence electrons. The van der Waals surface area contributed by atoms with Gasteiger partial charge in [-0.05, 0) is 30.5 Å². The lowest BCUT2D eigenvalue weighted by atomic mass is 10.2. The van der Waals surface area contributed by atoms with Crippen molar-refractivity contribution in [2.24, 2.45) is 0 Å². The number of carbonyl (C=O) groups is 1. The summed E-state index contributed by atoms with van der Waals surface area (Å²) in [5.74, 6) is -0.297. The van der Waals surface area contributed by atoms with Gasteiger partial charge in [0.15, 0.2) is 5.75 Å². The maximum Gasteiger partial charge on any atom is 0.416 e. The van der Waals surface area contributed by atoms with Gasteiger partial charge in [-0.3, -0.25) is 9.78 Å². The lowest BCUT2D eigenvalue weighted by molar-refractivity contribution is -0.213. The van der Waals surface area contributed by atoms with Gasteiger partial charge in [0.05, 0.1) is 28.0 Å². The molecule has 0 saturated carbocycles. The Hall–Kier alpha value is -2.39. The molecule has 1 aromatic heterocycles. The fraction of sp³-hybridized carbons (Fsp3) is 0.222. The molecule has 3 aromatic rings. The Morgan fingerprint density at radius 1 is 1.29 bits per heavy atom. The van der Waals surface area contributed by atoms with E-state index in [9.17, 15) is 18.0 Å². The van der Waals surface area contributed by atoms with Crippen molar-refractivity contribution >= 4 is 40.2 Å². The number of halogens is 4. The van der Waals surface area contributed by atoms with Crippen LogP contribution in [0, 0.1) is 0 Å². The van der Waals surface area contributed by atoms with E-state index >= 15 is 0 Å². The number of carbonyl (C=O) groups excluding carboxylic acids is 1. The first-order chi connectivity index (χ1) is 13.2. The molecule has 0 N–H and O–H groups in total. The maximum absolute atomic E-state index is 13.1. The smallest absolute Gasteiger partial charge is 0.287 e. The molecule has 5 nitrogen and oxygen atoms in total.